The van der Waals surface area contributed by atoms with Crippen LogP contribution in [-0.4, -0.2) is 55.9 Å². The van der Waals surface area contributed by atoms with Crippen LogP contribution in [0.1, 0.15) is 43.4 Å². The lowest BCUT2D eigenvalue weighted by Gasteiger charge is -2.32. The molecule has 1 fully saturated rings. The minimum absolute atomic E-state index is 0.153. The van der Waals surface area contributed by atoms with Crippen LogP contribution in [0.25, 0.3) is 5.70 Å². The fraction of sp³-hybridized carbons (Fsp3) is 0.367. The van der Waals surface area contributed by atoms with Crippen LogP contribution in [0.4, 0.5) is 4.39 Å². The summed E-state index contributed by atoms with van der Waals surface area (Å²) >= 11 is 0. The normalized spacial score (nSPS) is 19.2. The molecule has 0 saturated carbocycles. The van der Waals surface area contributed by atoms with Crippen molar-refractivity contribution < 1.29 is 4.39 Å². The van der Waals surface area contributed by atoms with Crippen LogP contribution in [0, 0.1) is 5.82 Å². The van der Waals surface area contributed by atoms with Gasteiger partial charge in [0.25, 0.3) is 0 Å². The second-order valence-electron chi connectivity index (χ2n) is 9.19. The fourth-order valence-corrected chi connectivity index (χ4v) is 5.33. The van der Waals surface area contributed by atoms with Gasteiger partial charge in [0.2, 0.25) is 0 Å². The summed E-state index contributed by atoms with van der Waals surface area (Å²) < 4.78 is 13.5. The molecule has 6 nitrogen and oxygen atoms in total. The summed E-state index contributed by atoms with van der Waals surface area (Å²) in [7, 11) is 4.43. The summed E-state index contributed by atoms with van der Waals surface area (Å²) in [5, 5.41) is 3.43. The Morgan fingerprint density at radius 1 is 1.16 bits per heavy atom. The summed E-state index contributed by atoms with van der Waals surface area (Å²) in [6.07, 6.45) is 5.04. The second kappa shape index (κ2) is 14.8. The zero-order chi connectivity index (χ0) is 27.5. The van der Waals surface area contributed by atoms with E-state index in [2.05, 4.69) is 61.2 Å². The van der Waals surface area contributed by atoms with Crippen molar-refractivity contribution in [3.63, 3.8) is 0 Å². The lowest BCUT2D eigenvalue weighted by molar-refractivity contribution is 0.343. The van der Waals surface area contributed by atoms with Gasteiger partial charge in [0.1, 0.15) is 5.82 Å². The maximum Gasteiger partial charge on any atom is 0.158 e. The molecule has 2 heterocycles. The fourth-order valence-electron chi connectivity index (χ4n) is 4.78. The Hall–Kier alpha value is -2.99. The third-order valence-corrected chi connectivity index (χ3v) is 7.39. The van der Waals surface area contributed by atoms with Crippen molar-refractivity contribution in [2.75, 3.05) is 26.7 Å². The highest BCUT2D eigenvalue weighted by Crippen LogP contribution is 2.29. The maximum absolute atomic E-state index is 13.5. The van der Waals surface area contributed by atoms with E-state index in [1.807, 2.05) is 19.9 Å². The van der Waals surface area contributed by atoms with Crippen molar-refractivity contribution in [1.82, 2.24) is 10.2 Å². The molecule has 2 atom stereocenters. The smallest absolute Gasteiger partial charge is 0.158 e. The third kappa shape index (κ3) is 7.53. The average Bonchev–Trinajstić information content (AvgIpc) is 2.97. The monoisotopic (exact) mass is 534 g/mol. The Morgan fingerprint density at radius 2 is 1.87 bits per heavy atom. The first-order chi connectivity index (χ1) is 18.5. The van der Waals surface area contributed by atoms with Crippen LogP contribution in [-0.2, 0) is 13.0 Å². The van der Waals surface area contributed by atoms with Gasteiger partial charge in [-0.15, -0.1) is 0 Å². The highest BCUT2D eigenvalue weighted by molar-refractivity contribution is 7.22. The van der Waals surface area contributed by atoms with Crippen LogP contribution in [0.5, 0.6) is 0 Å². The van der Waals surface area contributed by atoms with E-state index in [9.17, 15) is 4.39 Å². The number of hydrogen-bond acceptors (Lipinski definition) is 5. The van der Waals surface area contributed by atoms with Gasteiger partial charge in [-0.25, -0.2) is 9.38 Å². The van der Waals surface area contributed by atoms with Gasteiger partial charge in [-0.3, -0.25) is 9.98 Å². The minimum Gasteiger partial charge on any atom is -0.366 e. The molecule has 3 N–H and O–H groups in total. The first kappa shape index (κ1) is 29.6. The van der Waals surface area contributed by atoms with Crippen molar-refractivity contribution in [2.24, 2.45) is 20.7 Å². The molecule has 202 valence electrons. The number of fused-ring (bicyclic) bond motifs is 1. The Balaban J connectivity index is 0.00000195. The molecule has 2 unspecified atom stereocenters. The topological polar surface area (TPSA) is 78.4 Å². The number of benzene rings is 2. The molecule has 0 spiro atoms. The molecule has 4 rings (SSSR count). The lowest BCUT2D eigenvalue weighted by atomic mass is 9.99. The van der Waals surface area contributed by atoms with Gasteiger partial charge in [-0.1, -0.05) is 39.6 Å². The van der Waals surface area contributed by atoms with Crippen LogP contribution >= 0.6 is 9.24 Å². The van der Waals surface area contributed by atoms with Crippen LogP contribution in [0.3, 0.4) is 0 Å². The van der Waals surface area contributed by atoms with E-state index in [4.69, 9.17) is 9.98 Å². The molecule has 0 amide bonds. The number of piperidine rings is 1. The quantitative estimate of drug-likeness (QED) is 0.303. The van der Waals surface area contributed by atoms with Crippen molar-refractivity contribution in [1.29, 1.82) is 0 Å². The number of aliphatic imine (C=N–C) groups is 3. The summed E-state index contributed by atoms with van der Waals surface area (Å²) in [6, 6.07) is 15.2. The van der Waals surface area contributed by atoms with Crippen LogP contribution in [0.2, 0.25) is 0 Å². The van der Waals surface area contributed by atoms with E-state index in [1.165, 1.54) is 30.3 Å². The van der Waals surface area contributed by atoms with Gasteiger partial charge < -0.3 is 16.0 Å². The zero-order valence-electron chi connectivity index (χ0n) is 22.8. The molecule has 0 radical (unpaired) electrons. The molecule has 0 aliphatic carbocycles. The lowest BCUT2D eigenvalue weighted by Crippen LogP contribution is -2.34. The molecule has 2 aliphatic heterocycles. The van der Waals surface area contributed by atoms with E-state index in [1.54, 1.807) is 12.1 Å². The van der Waals surface area contributed by atoms with Crippen LogP contribution < -0.4 is 11.1 Å². The molecule has 8 heteroatoms. The molecular weight excluding hydrogens is 494 g/mol. The highest BCUT2D eigenvalue weighted by Gasteiger charge is 2.23. The van der Waals surface area contributed by atoms with Gasteiger partial charge >= 0.3 is 0 Å². The second-order valence-corrected chi connectivity index (χ2v) is 9.74. The number of nitrogens with zero attached hydrogens (tertiary/aromatic N) is 4. The van der Waals surface area contributed by atoms with Crippen molar-refractivity contribution in [2.45, 2.75) is 45.7 Å². The number of amidine groups is 1. The summed E-state index contributed by atoms with van der Waals surface area (Å²) in [5.74, 6) is 0.350. The number of allylic oxidation sites excluding steroid dienone is 1. The molecule has 2 aromatic rings. The Kier molecular flexibility index (Phi) is 11.5. The van der Waals surface area contributed by atoms with Gasteiger partial charge in [-0.05, 0) is 94.4 Å². The Morgan fingerprint density at radius 3 is 2.50 bits per heavy atom. The zero-order valence-corrected chi connectivity index (χ0v) is 23.9. The van der Waals surface area contributed by atoms with Crippen LogP contribution in [0.15, 0.2) is 80.6 Å². The summed E-state index contributed by atoms with van der Waals surface area (Å²) in [5.41, 5.74) is 11.5. The average molecular weight is 535 g/mol. The highest BCUT2D eigenvalue weighted by atomic mass is 31.0. The first-order valence-corrected chi connectivity index (χ1v) is 13.7. The van der Waals surface area contributed by atoms with E-state index < -0.39 is 0 Å². The van der Waals surface area contributed by atoms with E-state index in [0.29, 0.717) is 5.84 Å². The molecular formula is C30H40FN6P. The largest absolute Gasteiger partial charge is 0.366 e. The standard InChI is InChI=1S/C29H35FN5P.CH5N/c1-4-26(22-11-13-24(30)14-12-22)33-20(2)27(28(31-3)34-25-10-7-16-32-18-25)29(36)35-17-15-21-8-5-6-9-23(21)19-35;1-2/h4-6,8-9,11-14,25,32H,3,7,10,15-19,36H2,1-2H3;2H2,1H3/b26-4-,29-27+,33-20-,34-28?;. The predicted molar refractivity (Wildman–Crippen MR) is 163 cm³/mol. The van der Waals surface area contributed by atoms with Gasteiger partial charge in [0, 0.05) is 25.1 Å². The van der Waals surface area contributed by atoms with Gasteiger partial charge in [0.05, 0.1) is 23.0 Å². The molecule has 38 heavy (non-hydrogen) atoms. The summed E-state index contributed by atoms with van der Waals surface area (Å²) in [6.45, 7) is 11.4. The van der Waals surface area contributed by atoms with E-state index in [0.717, 1.165) is 73.4 Å². The van der Waals surface area contributed by atoms with Gasteiger partial charge in [-0.2, -0.15) is 0 Å². The maximum atomic E-state index is 13.5. The van der Waals surface area contributed by atoms with Gasteiger partial charge in [0.15, 0.2) is 5.84 Å². The van der Waals surface area contributed by atoms with E-state index in [-0.39, 0.29) is 11.9 Å². The third-order valence-electron chi connectivity index (χ3n) is 6.74. The van der Waals surface area contributed by atoms with Crippen molar-refractivity contribution >= 4 is 33.2 Å². The number of halogens is 1. The Bertz CT molecular complexity index is 1210. The molecule has 0 aromatic heterocycles. The number of nitrogens with two attached hydrogens (primary N) is 1. The van der Waals surface area contributed by atoms with E-state index >= 15 is 0 Å². The van der Waals surface area contributed by atoms with Crippen molar-refractivity contribution in [3.8, 4) is 0 Å². The predicted octanol–water partition coefficient (Wildman–Crippen LogP) is 5.22. The SMILES string of the molecule is C=NC(=NC1CCCNC1)C(/C(C)=N\C(=C/C)c1ccc(F)cc1)=C(/P)N1CCc2ccccc2C1.CN. The Labute approximate surface area is 229 Å². The molecule has 2 aromatic carbocycles. The molecule has 2 aliphatic rings. The number of nitrogens with one attached hydrogen (secondary N) is 1. The first-order valence-electron chi connectivity index (χ1n) is 13.1. The van der Waals surface area contributed by atoms with Crippen molar-refractivity contribution in [3.05, 3.63) is 88.1 Å². The molecule has 1 saturated heterocycles. The summed E-state index contributed by atoms with van der Waals surface area (Å²) in [4.78, 5) is 16.8. The number of rotatable bonds is 6. The minimum atomic E-state index is -0.264. The molecule has 0 bridgehead atoms. The number of hydrogen-bond donors (Lipinski definition) is 2.